The predicted octanol–water partition coefficient (Wildman–Crippen LogP) is 2.25. The molecule has 1 fully saturated rings. The Kier molecular flexibility index (Phi) is 2.82. The van der Waals surface area contributed by atoms with Gasteiger partial charge in [0.25, 0.3) is 0 Å². The van der Waals surface area contributed by atoms with Crippen LogP contribution in [0.5, 0.6) is 0 Å². The predicted molar refractivity (Wildman–Crippen MR) is 50.1 cm³/mol. The van der Waals surface area contributed by atoms with E-state index in [-0.39, 0.29) is 0 Å². The number of halogens is 1. The van der Waals surface area contributed by atoms with Crippen LogP contribution in [0.1, 0.15) is 27.2 Å². The minimum atomic E-state index is 0.438. The minimum Gasteiger partial charge on any atom is -0.312 e. The van der Waals surface area contributed by atoms with E-state index in [0.717, 1.165) is 18.3 Å². The van der Waals surface area contributed by atoms with Crippen LogP contribution in [0.2, 0.25) is 0 Å². The van der Waals surface area contributed by atoms with Gasteiger partial charge in [-0.2, -0.15) is 0 Å². The van der Waals surface area contributed by atoms with Gasteiger partial charge in [-0.05, 0) is 24.3 Å². The number of alkyl halides is 1. The lowest BCUT2D eigenvalue weighted by molar-refractivity contribution is 0.258. The average molecular weight is 176 g/mol. The second kappa shape index (κ2) is 3.32. The van der Waals surface area contributed by atoms with Crippen molar-refractivity contribution >= 4 is 11.6 Å². The molecule has 0 spiro atoms. The fourth-order valence-electron chi connectivity index (χ4n) is 1.60. The molecule has 0 aromatic carbocycles. The van der Waals surface area contributed by atoms with Gasteiger partial charge in [-0.15, -0.1) is 11.6 Å². The number of nitrogens with one attached hydrogen (secondary N) is 1. The van der Waals surface area contributed by atoms with Crippen molar-refractivity contribution in [3.8, 4) is 0 Å². The van der Waals surface area contributed by atoms with Crippen LogP contribution >= 0.6 is 11.6 Å². The molecule has 0 aromatic heterocycles. The first kappa shape index (κ1) is 9.34. The van der Waals surface area contributed by atoms with Gasteiger partial charge < -0.3 is 5.32 Å². The Morgan fingerprint density at radius 2 is 2.09 bits per heavy atom. The van der Waals surface area contributed by atoms with E-state index in [1.165, 1.54) is 6.42 Å². The highest BCUT2D eigenvalue weighted by molar-refractivity contribution is 6.18. The summed E-state index contributed by atoms with van der Waals surface area (Å²) in [5.41, 5.74) is 0.438. The summed E-state index contributed by atoms with van der Waals surface area (Å²) in [5.74, 6) is 1.55. The second-order valence-electron chi connectivity index (χ2n) is 4.56. The van der Waals surface area contributed by atoms with E-state index in [9.17, 15) is 0 Å². The highest BCUT2D eigenvalue weighted by atomic mass is 35.5. The van der Waals surface area contributed by atoms with E-state index in [1.54, 1.807) is 0 Å². The zero-order valence-electron chi connectivity index (χ0n) is 7.65. The van der Waals surface area contributed by atoms with Gasteiger partial charge in [-0.1, -0.05) is 20.8 Å². The van der Waals surface area contributed by atoms with Crippen LogP contribution in [0, 0.1) is 11.3 Å². The van der Waals surface area contributed by atoms with E-state index in [2.05, 4.69) is 26.1 Å². The maximum Gasteiger partial charge on any atom is 0.0377 e. The first-order valence-corrected chi connectivity index (χ1v) is 4.87. The summed E-state index contributed by atoms with van der Waals surface area (Å²) < 4.78 is 0. The van der Waals surface area contributed by atoms with Crippen molar-refractivity contribution in [2.24, 2.45) is 11.3 Å². The highest BCUT2D eigenvalue weighted by Gasteiger charge is 2.31. The van der Waals surface area contributed by atoms with Gasteiger partial charge in [0, 0.05) is 11.9 Å². The van der Waals surface area contributed by atoms with E-state index in [1.807, 2.05) is 0 Å². The fraction of sp³-hybridized carbons (Fsp3) is 1.00. The number of hydrogen-bond donors (Lipinski definition) is 1. The molecule has 1 N–H and O–H groups in total. The van der Waals surface area contributed by atoms with E-state index in [0.29, 0.717) is 11.5 Å². The Balaban J connectivity index is 2.42. The number of rotatable bonds is 1. The molecule has 0 aromatic rings. The molecule has 0 bridgehead atoms. The van der Waals surface area contributed by atoms with Crippen molar-refractivity contribution in [3.63, 3.8) is 0 Å². The van der Waals surface area contributed by atoms with Crippen molar-refractivity contribution in [1.29, 1.82) is 0 Å². The van der Waals surface area contributed by atoms with Gasteiger partial charge in [0.1, 0.15) is 0 Å². The molecule has 11 heavy (non-hydrogen) atoms. The van der Waals surface area contributed by atoms with E-state index in [4.69, 9.17) is 11.6 Å². The molecule has 1 saturated heterocycles. The summed E-state index contributed by atoms with van der Waals surface area (Å²) in [6.07, 6.45) is 1.24. The third-order valence-corrected chi connectivity index (χ3v) is 3.01. The van der Waals surface area contributed by atoms with Gasteiger partial charge >= 0.3 is 0 Å². The van der Waals surface area contributed by atoms with Gasteiger partial charge in [0.2, 0.25) is 0 Å². The SMILES string of the molecule is CC(C)(C)[C@@H]1CN[C@H](CCl)C1. The third-order valence-electron chi connectivity index (χ3n) is 2.63. The maximum absolute atomic E-state index is 5.76. The van der Waals surface area contributed by atoms with Crippen LogP contribution in [0.3, 0.4) is 0 Å². The lowest BCUT2D eigenvalue weighted by atomic mass is 9.79. The van der Waals surface area contributed by atoms with Crippen LogP contribution in [0.25, 0.3) is 0 Å². The van der Waals surface area contributed by atoms with Crippen LogP contribution in [-0.4, -0.2) is 18.5 Å². The molecule has 0 amide bonds. The fourth-order valence-corrected chi connectivity index (χ4v) is 1.83. The summed E-state index contributed by atoms with van der Waals surface area (Å²) in [7, 11) is 0. The Bertz CT molecular complexity index is 128. The Hall–Kier alpha value is 0.250. The van der Waals surface area contributed by atoms with Crippen molar-refractivity contribution < 1.29 is 0 Å². The molecule has 1 aliphatic rings. The molecular weight excluding hydrogens is 158 g/mol. The quantitative estimate of drug-likeness (QED) is 0.603. The second-order valence-corrected chi connectivity index (χ2v) is 4.87. The van der Waals surface area contributed by atoms with Crippen LogP contribution in [0.15, 0.2) is 0 Å². The van der Waals surface area contributed by atoms with Crippen LogP contribution in [-0.2, 0) is 0 Å². The molecule has 1 nitrogen and oxygen atoms in total. The van der Waals surface area contributed by atoms with Gasteiger partial charge in [0.05, 0.1) is 0 Å². The smallest absolute Gasteiger partial charge is 0.0377 e. The Morgan fingerprint density at radius 3 is 2.36 bits per heavy atom. The van der Waals surface area contributed by atoms with E-state index >= 15 is 0 Å². The summed E-state index contributed by atoms with van der Waals surface area (Å²) in [6.45, 7) is 8.04. The van der Waals surface area contributed by atoms with Crippen molar-refractivity contribution in [1.82, 2.24) is 5.32 Å². The van der Waals surface area contributed by atoms with Crippen molar-refractivity contribution in [2.75, 3.05) is 12.4 Å². The number of hydrogen-bond acceptors (Lipinski definition) is 1. The highest BCUT2D eigenvalue weighted by Crippen LogP contribution is 2.32. The molecule has 0 aliphatic carbocycles. The summed E-state index contributed by atoms with van der Waals surface area (Å²) in [5, 5.41) is 3.43. The molecule has 0 unspecified atom stereocenters. The zero-order valence-corrected chi connectivity index (χ0v) is 8.41. The summed E-state index contributed by atoms with van der Waals surface area (Å²) in [6, 6.07) is 0.556. The zero-order chi connectivity index (χ0) is 8.48. The monoisotopic (exact) mass is 175 g/mol. The normalized spacial score (nSPS) is 32.7. The molecule has 1 heterocycles. The third kappa shape index (κ3) is 2.34. The molecule has 2 heteroatoms. The van der Waals surface area contributed by atoms with Crippen molar-refractivity contribution in [3.05, 3.63) is 0 Å². The molecule has 2 atom stereocenters. The Morgan fingerprint density at radius 1 is 1.45 bits per heavy atom. The van der Waals surface area contributed by atoms with Crippen molar-refractivity contribution in [2.45, 2.75) is 33.2 Å². The maximum atomic E-state index is 5.76. The topological polar surface area (TPSA) is 12.0 Å². The average Bonchev–Trinajstić information content (AvgIpc) is 2.32. The van der Waals surface area contributed by atoms with Gasteiger partial charge in [-0.25, -0.2) is 0 Å². The lowest BCUT2D eigenvalue weighted by Crippen LogP contribution is -2.23. The Labute approximate surface area is 74.5 Å². The molecule has 1 rings (SSSR count). The summed E-state index contributed by atoms with van der Waals surface area (Å²) in [4.78, 5) is 0. The molecule has 1 aliphatic heterocycles. The summed E-state index contributed by atoms with van der Waals surface area (Å²) >= 11 is 5.76. The van der Waals surface area contributed by atoms with Crippen LogP contribution in [0.4, 0.5) is 0 Å². The lowest BCUT2D eigenvalue weighted by Gasteiger charge is -2.25. The van der Waals surface area contributed by atoms with Crippen LogP contribution < -0.4 is 5.32 Å². The minimum absolute atomic E-state index is 0.438. The first-order valence-electron chi connectivity index (χ1n) is 4.33. The molecular formula is C9H18ClN. The first-order chi connectivity index (χ1) is 5.04. The molecule has 66 valence electrons. The molecule has 0 saturated carbocycles. The van der Waals surface area contributed by atoms with Gasteiger partial charge in [-0.3, -0.25) is 0 Å². The van der Waals surface area contributed by atoms with E-state index < -0.39 is 0 Å². The molecule has 0 radical (unpaired) electrons. The van der Waals surface area contributed by atoms with Gasteiger partial charge in [0.15, 0.2) is 0 Å². The largest absolute Gasteiger partial charge is 0.312 e. The standard InChI is InChI=1S/C9H18ClN/c1-9(2,3)7-4-8(5-10)11-6-7/h7-8,11H,4-6H2,1-3H3/t7-,8-/m0/s1.